The quantitative estimate of drug-likeness (QED) is 0.637. The van der Waals surface area contributed by atoms with Crippen molar-refractivity contribution in [2.24, 2.45) is 0 Å². The van der Waals surface area contributed by atoms with Crippen LogP contribution in [-0.2, 0) is 10.0 Å². The van der Waals surface area contributed by atoms with Crippen molar-refractivity contribution in [3.8, 4) is 0 Å². The van der Waals surface area contributed by atoms with Crippen LogP contribution in [0.3, 0.4) is 0 Å². The van der Waals surface area contributed by atoms with Crippen LogP contribution in [0.25, 0.3) is 0 Å². The van der Waals surface area contributed by atoms with Gasteiger partial charge in [-0.2, -0.15) is 4.31 Å². The summed E-state index contributed by atoms with van der Waals surface area (Å²) in [7, 11) is -3.43. The summed E-state index contributed by atoms with van der Waals surface area (Å²) >= 11 is 0. The van der Waals surface area contributed by atoms with Gasteiger partial charge in [-0.15, -0.1) is 0 Å². The number of Topliss-reactive ketones (excluding diaryl/α,β-unsaturated/α-hetero) is 1. The monoisotopic (exact) mass is 305 g/mol. The minimum absolute atomic E-state index is 0.0578. The number of sulfonamides is 1. The van der Waals surface area contributed by atoms with Crippen LogP contribution < -0.4 is 0 Å². The topological polar surface area (TPSA) is 54.5 Å². The van der Waals surface area contributed by atoms with E-state index < -0.39 is 10.0 Å². The van der Waals surface area contributed by atoms with Gasteiger partial charge in [0.05, 0.1) is 4.90 Å². The van der Waals surface area contributed by atoms with Gasteiger partial charge >= 0.3 is 0 Å². The molecule has 5 heteroatoms. The predicted molar refractivity (Wildman–Crippen MR) is 80.7 cm³/mol. The molecule has 1 saturated carbocycles. The van der Waals surface area contributed by atoms with Crippen LogP contribution in [0.15, 0.2) is 40.3 Å². The highest BCUT2D eigenvalue weighted by atomic mass is 32.2. The number of hydrogen-bond donors (Lipinski definition) is 0. The van der Waals surface area contributed by atoms with Gasteiger partial charge in [-0.3, -0.25) is 4.79 Å². The second-order valence-corrected chi connectivity index (χ2v) is 7.63. The normalized spacial score (nSPS) is 19.7. The van der Waals surface area contributed by atoms with Gasteiger partial charge in [0, 0.05) is 18.7 Å². The van der Waals surface area contributed by atoms with E-state index in [0.717, 1.165) is 12.8 Å². The number of ketones is 1. The molecule has 2 aliphatic rings. The van der Waals surface area contributed by atoms with Crippen LogP contribution in [0.5, 0.6) is 0 Å². The van der Waals surface area contributed by atoms with Crippen LogP contribution in [0.1, 0.15) is 43.0 Å². The molecule has 4 nitrogen and oxygen atoms in total. The molecule has 0 N–H and O–H groups in total. The van der Waals surface area contributed by atoms with E-state index in [2.05, 4.69) is 0 Å². The Morgan fingerprint density at radius 1 is 0.952 bits per heavy atom. The van der Waals surface area contributed by atoms with Crippen molar-refractivity contribution in [2.75, 3.05) is 13.1 Å². The smallest absolute Gasteiger partial charge is 0.243 e. The molecule has 3 rings (SSSR count). The molecule has 2 fully saturated rings. The lowest BCUT2D eigenvalue weighted by Gasteiger charge is -2.27. The molecule has 0 unspecified atom stereocenters. The van der Waals surface area contributed by atoms with Crippen LogP contribution >= 0.6 is 0 Å². The van der Waals surface area contributed by atoms with Crippen molar-refractivity contribution >= 4 is 15.8 Å². The van der Waals surface area contributed by atoms with E-state index in [1.807, 2.05) is 0 Å². The number of rotatable bonds is 3. The lowest BCUT2D eigenvalue weighted by molar-refractivity contribution is 0.101. The maximum atomic E-state index is 12.6. The van der Waals surface area contributed by atoms with Crippen molar-refractivity contribution in [2.45, 2.75) is 37.5 Å². The fraction of sp³-hybridized carbons (Fsp3) is 0.438. The summed E-state index contributed by atoms with van der Waals surface area (Å²) in [6.45, 7) is 2.60. The van der Waals surface area contributed by atoms with Crippen LogP contribution in [-0.4, -0.2) is 31.6 Å². The average molecular weight is 305 g/mol. The Hall–Kier alpha value is -1.46. The predicted octanol–water partition coefficient (Wildman–Crippen LogP) is 2.76. The summed E-state index contributed by atoms with van der Waals surface area (Å²) in [5.74, 6) is -0.0578. The first-order chi connectivity index (χ1) is 9.98. The van der Waals surface area contributed by atoms with Gasteiger partial charge in [-0.25, -0.2) is 8.42 Å². The van der Waals surface area contributed by atoms with Gasteiger partial charge in [0.1, 0.15) is 0 Å². The Labute approximate surface area is 125 Å². The molecule has 0 radical (unpaired) electrons. The van der Waals surface area contributed by atoms with Crippen LogP contribution in [0.2, 0.25) is 0 Å². The van der Waals surface area contributed by atoms with Gasteiger partial charge < -0.3 is 0 Å². The first-order valence-electron chi connectivity index (χ1n) is 7.29. The standard InChI is InChI=1S/C16H19NO3S/c1-12(18)13-4-6-16(7-5-13)21(19,20)17-10-8-15(9-11-17)14-2-3-14/h4-7H,2-3,8-11H2,1H3. The van der Waals surface area contributed by atoms with E-state index >= 15 is 0 Å². The lowest BCUT2D eigenvalue weighted by Crippen LogP contribution is -2.36. The molecule has 0 amide bonds. The summed E-state index contributed by atoms with van der Waals surface area (Å²) in [5, 5.41) is 0. The highest BCUT2D eigenvalue weighted by Crippen LogP contribution is 2.36. The van der Waals surface area contributed by atoms with Crippen molar-refractivity contribution in [1.29, 1.82) is 0 Å². The number of carbonyl (C=O) groups excluding carboxylic acids is 1. The Morgan fingerprint density at radius 2 is 1.48 bits per heavy atom. The first kappa shape index (κ1) is 14.5. The van der Waals surface area contributed by atoms with Crippen molar-refractivity contribution in [3.05, 3.63) is 41.0 Å². The van der Waals surface area contributed by atoms with Gasteiger partial charge in [0.2, 0.25) is 10.0 Å². The zero-order chi connectivity index (χ0) is 15.0. The fourth-order valence-corrected chi connectivity index (χ4v) is 4.22. The second-order valence-electron chi connectivity index (χ2n) is 5.69. The third-order valence-corrected chi connectivity index (χ3v) is 6.14. The molecule has 1 heterocycles. The molecule has 1 aromatic rings. The Kier molecular flexibility index (Phi) is 3.71. The second kappa shape index (κ2) is 5.39. The molecule has 0 atom stereocenters. The minimum Gasteiger partial charge on any atom is -0.295 e. The fourth-order valence-electron chi connectivity index (χ4n) is 2.78. The SMILES string of the molecule is CC(=O)c1ccc(S(=O)(=O)N2CCC(=C3CC3)CC2)cc1. The van der Waals surface area contributed by atoms with Crippen molar-refractivity contribution < 1.29 is 13.2 Å². The van der Waals surface area contributed by atoms with E-state index in [-0.39, 0.29) is 10.7 Å². The van der Waals surface area contributed by atoms with E-state index in [4.69, 9.17) is 0 Å². The number of benzene rings is 1. The van der Waals surface area contributed by atoms with Crippen molar-refractivity contribution in [1.82, 2.24) is 4.31 Å². The third-order valence-electron chi connectivity index (χ3n) is 4.22. The van der Waals surface area contributed by atoms with Gasteiger partial charge in [-0.1, -0.05) is 23.3 Å². The van der Waals surface area contributed by atoms with Gasteiger partial charge in [-0.05, 0) is 44.7 Å². The molecule has 0 bridgehead atoms. The zero-order valence-corrected chi connectivity index (χ0v) is 12.9. The van der Waals surface area contributed by atoms with E-state index in [0.29, 0.717) is 18.7 Å². The van der Waals surface area contributed by atoms with Crippen LogP contribution in [0, 0.1) is 0 Å². The molecule has 0 aromatic heterocycles. The maximum absolute atomic E-state index is 12.6. The molecule has 112 valence electrons. The molecule has 21 heavy (non-hydrogen) atoms. The Balaban J connectivity index is 1.77. The lowest BCUT2D eigenvalue weighted by atomic mass is 10.1. The molecule has 0 spiro atoms. The van der Waals surface area contributed by atoms with Crippen molar-refractivity contribution in [3.63, 3.8) is 0 Å². The van der Waals surface area contributed by atoms with Crippen LogP contribution in [0.4, 0.5) is 0 Å². The summed E-state index contributed by atoms with van der Waals surface area (Å²) in [5.41, 5.74) is 3.54. The molecular formula is C16H19NO3S. The minimum atomic E-state index is -3.43. The number of carbonyl (C=O) groups is 1. The molecule has 1 aromatic carbocycles. The number of allylic oxidation sites excluding steroid dienone is 1. The highest BCUT2D eigenvalue weighted by Gasteiger charge is 2.29. The molecular weight excluding hydrogens is 286 g/mol. The maximum Gasteiger partial charge on any atom is 0.243 e. The highest BCUT2D eigenvalue weighted by molar-refractivity contribution is 7.89. The Morgan fingerprint density at radius 3 is 1.95 bits per heavy atom. The van der Waals surface area contributed by atoms with E-state index in [1.54, 1.807) is 16.4 Å². The van der Waals surface area contributed by atoms with E-state index in [1.165, 1.54) is 43.0 Å². The molecule has 1 aliphatic carbocycles. The number of nitrogens with zero attached hydrogens (tertiary/aromatic N) is 1. The first-order valence-corrected chi connectivity index (χ1v) is 8.73. The average Bonchev–Trinajstić information content (AvgIpc) is 3.32. The largest absolute Gasteiger partial charge is 0.295 e. The molecule has 1 saturated heterocycles. The summed E-state index contributed by atoms with van der Waals surface area (Å²) < 4.78 is 26.7. The summed E-state index contributed by atoms with van der Waals surface area (Å²) in [4.78, 5) is 11.5. The molecule has 1 aliphatic heterocycles. The number of piperidine rings is 1. The summed E-state index contributed by atoms with van der Waals surface area (Å²) in [6.07, 6.45) is 4.13. The Bertz CT molecular complexity index is 686. The van der Waals surface area contributed by atoms with Gasteiger partial charge in [0.25, 0.3) is 0 Å². The van der Waals surface area contributed by atoms with Gasteiger partial charge in [0.15, 0.2) is 5.78 Å². The zero-order valence-electron chi connectivity index (χ0n) is 12.1. The third kappa shape index (κ3) is 2.94. The summed E-state index contributed by atoms with van der Waals surface area (Å²) in [6, 6.07) is 6.22. The number of hydrogen-bond acceptors (Lipinski definition) is 3. The van der Waals surface area contributed by atoms with E-state index in [9.17, 15) is 13.2 Å².